The van der Waals surface area contributed by atoms with Gasteiger partial charge >= 0.3 is 0 Å². The third kappa shape index (κ3) is 3.96. The van der Waals surface area contributed by atoms with Crippen molar-refractivity contribution < 1.29 is 13.5 Å². The molecule has 130 valence electrons. The molecule has 0 radical (unpaired) electrons. The summed E-state index contributed by atoms with van der Waals surface area (Å²) in [5.74, 6) is 0.556. The number of aliphatic hydroxyl groups is 1. The molecule has 1 aromatic heterocycles. The minimum absolute atomic E-state index is 0.0451. The van der Waals surface area contributed by atoms with Gasteiger partial charge in [-0.1, -0.05) is 31.4 Å². The van der Waals surface area contributed by atoms with Gasteiger partial charge in [0.2, 0.25) is 0 Å². The van der Waals surface area contributed by atoms with Gasteiger partial charge in [-0.05, 0) is 36.5 Å². The molecule has 1 fully saturated rings. The van der Waals surface area contributed by atoms with Crippen molar-refractivity contribution in [1.82, 2.24) is 9.78 Å². The van der Waals surface area contributed by atoms with E-state index in [1.807, 2.05) is 12.1 Å². The Morgan fingerprint density at radius 3 is 2.54 bits per heavy atom. The SMILES string of the molecule is O=S(=O)(Nc1cnn(CCO)c1)c1ccc(C2CCCCC2)cc1. The molecule has 3 rings (SSSR count). The number of hydrogen-bond acceptors (Lipinski definition) is 4. The second-order valence-electron chi connectivity index (χ2n) is 6.23. The Balaban J connectivity index is 1.71. The summed E-state index contributed by atoms with van der Waals surface area (Å²) in [6.07, 6.45) is 9.18. The van der Waals surface area contributed by atoms with E-state index in [9.17, 15) is 8.42 Å². The van der Waals surface area contributed by atoms with Gasteiger partial charge in [-0.3, -0.25) is 9.40 Å². The van der Waals surface area contributed by atoms with Crippen LogP contribution < -0.4 is 4.72 Å². The first-order valence-corrected chi connectivity index (χ1v) is 9.83. The van der Waals surface area contributed by atoms with Crippen molar-refractivity contribution in [2.75, 3.05) is 11.3 Å². The number of nitrogens with zero attached hydrogens (tertiary/aromatic N) is 2. The van der Waals surface area contributed by atoms with Crippen LogP contribution in [0.25, 0.3) is 0 Å². The largest absolute Gasteiger partial charge is 0.394 e. The standard InChI is InChI=1S/C17H23N3O3S/c21-11-10-20-13-16(12-18-20)19-24(22,23)17-8-6-15(7-9-17)14-4-2-1-3-5-14/h6-9,12-14,19,21H,1-5,10-11H2. The molecule has 6 nitrogen and oxygen atoms in total. The van der Waals surface area contributed by atoms with Crippen molar-refractivity contribution in [3.8, 4) is 0 Å². The fourth-order valence-corrected chi connectivity index (χ4v) is 4.24. The lowest BCUT2D eigenvalue weighted by Gasteiger charge is -2.22. The van der Waals surface area contributed by atoms with Crippen LogP contribution in [0, 0.1) is 0 Å². The summed E-state index contributed by atoms with van der Waals surface area (Å²) in [6.45, 7) is 0.286. The predicted molar refractivity (Wildman–Crippen MR) is 92.4 cm³/mol. The van der Waals surface area contributed by atoms with E-state index in [4.69, 9.17) is 5.11 Å². The molecule has 7 heteroatoms. The zero-order valence-corrected chi connectivity index (χ0v) is 14.4. The topological polar surface area (TPSA) is 84.2 Å². The van der Waals surface area contributed by atoms with E-state index in [0.29, 0.717) is 18.2 Å². The third-order valence-corrected chi connectivity index (χ3v) is 5.88. The summed E-state index contributed by atoms with van der Waals surface area (Å²) in [4.78, 5) is 0.247. The average Bonchev–Trinajstić information content (AvgIpc) is 3.02. The smallest absolute Gasteiger partial charge is 0.261 e. The Labute approximate surface area is 142 Å². The lowest BCUT2D eigenvalue weighted by Crippen LogP contribution is -2.13. The molecule has 0 amide bonds. The second kappa shape index (κ2) is 7.36. The van der Waals surface area contributed by atoms with Crippen molar-refractivity contribution in [3.05, 3.63) is 42.2 Å². The van der Waals surface area contributed by atoms with Crippen molar-refractivity contribution in [2.45, 2.75) is 49.5 Å². The highest BCUT2D eigenvalue weighted by atomic mass is 32.2. The average molecular weight is 349 g/mol. The maximum Gasteiger partial charge on any atom is 0.261 e. The molecule has 0 aliphatic heterocycles. The van der Waals surface area contributed by atoms with Crippen molar-refractivity contribution >= 4 is 15.7 Å². The first-order valence-electron chi connectivity index (χ1n) is 8.34. The van der Waals surface area contributed by atoms with Gasteiger partial charge in [0.05, 0.1) is 29.9 Å². The highest BCUT2D eigenvalue weighted by Gasteiger charge is 2.18. The predicted octanol–water partition coefficient (Wildman–Crippen LogP) is 2.72. The van der Waals surface area contributed by atoms with Crippen LogP contribution in [0.15, 0.2) is 41.6 Å². The van der Waals surface area contributed by atoms with Crippen LogP contribution in [0.5, 0.6) is 0 Å². The van der Waals surface area contributed by atoms with Gasteiger partial charge in [-0.25, -0.2) is 8.42 Å². The molecular formula is C17H23N3O3S. The fourth-order valence-electron chi connectivity index (χ4n) is 3.21. The van der Waals surface area contributed by atoms with Crippen molar-refractivity contribution in [1.29, 1.82) is 0 Å². The monoisotopic (exact) mass is 349 g/mol. The molecule has 1 aliphatic carbocycles. The number of rotatable bonds is 6. The summed E-state index contributed by atoms with van der Waals surface area (Å²) in [6, 6.07) is 7.20. The number of sulfonamides is 1. The number of anilines is 1. The zero-order valence-electron chi connectivity index (χ0n) is 13.6. The Morgan fingerprint density at radius 1 is 1.17 bits per heavy atom. The first-order chi connectivity index (χ1) is 11.6. The molecule has 1 saturated carbocycles. The minimum atomic E-state index is -3.63. The van der Waals surface area contributed by atoms with E-state index < -0.39 is 10.0 Å². The zero-order chi connectivity index (χ0) is 17.0. The number of benzene rings is 1. The summed E-state index contributed by atoms with van der Waals surface area (Å²) in [5, 5.41) is 12.9. The van der Waals surface area contributed by atoms with E-state index >= 15 is 0 Å². The van der Waals surface area contributed by atoms with E-state index in [1.54, 1.807) is 18.3 Å². The van der Waals surface area contributed by atoms with E-state index in [-0.39, 0.29) is 11.5 Å². The lowest BCUT2D eigenvalue weighted by molar-refractivity contribution is 0.269. The van der Waals surface area contributed by atoms with Gasteiger partial charge in [-0.2, -0.15) is 5.10 Å². The maximum absolute atomic E-state index is 12.5. The number of hydrogen-bond donors (Lipinski definition) is 2. The molecule has 24 heavy (non-hydrogen) atoms. The van der Waals surface area contributed by atoms with Crippen molar-refractivity contribution in [2.24, 2.45) is 0 Å². The van der Waals surface area contributed by atoms with Crippen molar-refractivity contribution in [3.63, 3.8) is 0 Å². The van der Waals surface area contributed by atoms with Gasteiger partial charge in [-0.15, -0.1) is 0 Å². The molecule has 0 spiro atoms. The Bertz CT molecular complexity index is 763. The number of aliphatic hydroxyl groups excluding tert-OH is 1. The molecule has 1 aliphatic rings. The summed E-state index contributed by atoms with van der Waals surface area (Å²) >= 11 is 0. The Morgan fingerprint density at radius 2 is 1.88 bits per heavy atom. The van der Waals surface area contributed by atoms with Crippen LogP contribution in [0.4, 0.5) is 5.69 Å². The van der Waals surface area contributed by atoms with Crippen LogP contribution in [0.3, 0.4) is 0 Å². The maximum atomic E-state index is 12.5. The molecular weight excluding hydrogens is 326 g/mol. The van der Waals surface area contributed by atoms with Gasteiger partial charge < -0.3 is 5.11 Å². The van der Waals surface area contributed by atoms with Gasteiger partial charge in [0.15, 0.2) is 0 Å². The highest BCUT2D eigenvalue weighted by Crippen LogP contribution is 2.33. The normalized spacial score (nSPS) is 16.2. The van der Waals surface area contributed by atoms with Crippen LogP contribution in [0.2, 0.25) is 0 Å². The van der Waals surface area contributed by atoms with Crippen LogP contribution >= 0.6 is 0 Å². The minimum Gasteiger partial charge on any atom is -0.394 e. The van der Waals surface area contributed by atoms with Gasteiger partial charge in [0.25, 0.3) is 10.0 Å². The molecule has 1 aromatic carbocycles. The van der Waals surface area contributed by atoms with E-state index in [1.165, 1.54) is 48.5 Å². The van der Waals surface area contributed by atoms with E-state index in [2.05, 4.69) is 9.82 Å². The van der Waals surface area contributed by atoms with Crippen LogP contribution in [-0.4, -0.2) is 29.9 Å². The molecule has 1 heterocycles. The summed E-state index contributed by atoms with van der Waals surface area (Å²) in [7, 11) is -3.63. The molecule has 0 unspecified atom stereocenters. The molecule has 0 atom stereocenters. The Hall–Kier alpha value is -1.86. The summed E-state index contributed by atoms with van der Waals surface area (Å²) in [5.41, 5.74) is 1.62. The van der Waals surface area contributed by atoms with Gasteiger partial charge in [0, 0.05) is 6.20 Å². The first kappa shape index (κ1) is 17.0. The Kier molecular flexibility index (Phi) is 5.20. The fraction of sp³-hybridized carbons (Fsp3) is 0.471. The number of aromatic nitrogens is 2. The third-order valence-electron chi connectivity index (χ3n) is 4.48. The molecule has 0 saturated heterocycles. The van der Waals surface area contributed by atoms with Crippen LogP contribution in [-0.2, 0) is 16.6 Å². The summed E-state index contributed by atoms with van der Waals surface area (Å²) < 4.78 is 28.9. The quantitative estimate of drug-likeness (QED) is 0.840. The number of nitrogens with one attached hydrogen (secondary N) is 1. The highest BCUT2D eigenvalue weighted by molar-refractivity contribution is 7.92. The van der Waals surface area contributed by atoms with Crippen LogP contribution in [0.1, 0.15) is 43.6 Å². The molecule has 0 bridgehead atoms. The van der Waals surface area contributed by atoms with Gasteiger partial charge in [0.1, 0.15) is 0 Å². The lowest BCUT2D eigenvalue weighted by atomic mass is 9.84. The molecule has 2 aromatic rings. The van der Waals surface area contributed by atoms with E-state index in [0.717, 1.165) is 0 Å². The molecule has 2 N–H and O–H groups in total. The second-order valence-corrected chi connectivity index (χ2v) is 7.91.